The second-order valence-electron chi connectivity index (χ2n) is 12.1. The summed E-state index contributed by atoms with van der Waals surface area (Å²) in [6.07, 6.45) is 12.0. The monoisotopic (exact) mass is 650 g/mol. The van der Waals surface area contributed by atoms with Crippen LogP contribution in [0.3, 0.4) is 0 Å². The summed E-state index contributed by atoms with van der Waals surface area (Å²) in [5, 5.41) is 2.02. The molecule has 2 amide bonds. The van der Waals surface area contributed by atoms with E-state index in [0.717, 1.165) is 81.6 Å². The van der Waals surface area contributed by atoms with Crippen molar-refractivity contribution in [2.45, 2.75) is 25.7 Å². The molecule has 252 valence electrons. The van der Waals surface area contributed by atoms with Crippen LogP contribution in [-0.4, -0.2) is 98.9 Å². The summed E-state index contributed by atoms with van der Waals surface area (Å²) in [4.78, 5) is 18.6. The molecule has 1 unspecified atom stereocenters. The number of rotatable bonds is 14. The highest BCUT2D eigenvalue weighted by Gasteiger charge is 2.23. The third-order valence-corrected chi connectivity index (χ3v) is 8.67. The predicted molar refractivity (Wildman–Crippen MR) is 179 cm³/mol. The number of nitrogens with one attached hydrogen (secondary N) is 2. The number of ether oxygens (including phenoxy) is 2. The van der Waals surface area contributed by atoms with E-state index >= 15 is 0 Å². The molecule has 5 rings (SSSR count). The Morgan fingerprint density at radius 2 is 1.64 bits per heavy atom. The van der Waals surface area contributed by atoms with Crippen LogP contribution in [0.5, 0.6) is 11.5 Å². The number of piperazine rings is 1. The molecule has 2 saturated heterocycles. The van der Waals surface area contributed by atoms with E-state index in [1.165, 1.54) is 17.8 Å². The molecule has 47 heavy (non-hydrogen) atoms. The van der Waals surface area contributed by atoms with E-state index in [4.69, 9.17) is 9.47 Å². The highest BCUT2D eigenvalue weighted by molar-refractivity contribution is 5.77. The molecule has 0 radical (unpaired) electrons. The lowest BCUT2D eigenvalue weighted by Gasteiger charge is -2.38. The van der Waals surface area contributed by atoms with Gasteiger partial charge in [0.15, 0.2) is 25.3 Å². The van der Waals surface area contributed by atoms with Crippen molar-refractivity contribution >= 4 is 18.4 Å². The topological polar surface area (TPSA) is 75.6 Å². The van der Waals surface area contributed by atoms with Crippen molar-refractivity contribution in [3.05, 3.63) is 89.8 Å². The largest absolute Gasteiger partial charge is 0.493 e. The van der Waals surface area contributed by atoms with Crippen LogP contribution in [0.25, 0.3) is 0 Å². The molecule has 0 saturated carbocycles. The van der Waals surface area contributed by atoms with Crippen LogP contribution in [0.4, 0.5) is 19.3 Å². The average molecular weight is 651 g/mol. The van der Waals surface area contributed by atoms with Gasteiger partial charge in [0.05, 0.1) is 33.5 Å². The molecular weight excluding hydrogens is 604 g/mol. The standard InChI is InChI=1S/C35H45F2N7O3/c1-40(2)41(3)18-6-7-27(25-47-34-17-10-28(36)23-33(34)37)24-46-32-15-13-30(14-16-32)43-21-19-42(20-22-43)29-8-4-5-9-31(12-11-29)44-26-38-39-35(44)45/h8-17,23,27,38H,1,4-7,18-22,24-26H2,2-3H3/p+1. The maximum absolute atomic E-state index is 14.2. The second kappa shape index (κ2) is 16.3. The van der Waals surface area contributed by atoms with Gasteiger partial charge in [-0.3, -0.25) is 10.3 Å². The number of nitrogens with zero attached hydrogens (tertiary/aromatic N) is 5. The fourth-order valence-electron chi connectivity index (χ4n) is 5.73. The Morgan fingerprint density at radius 3 is 2.32 bits per heavy atom. The Hall–Kier alpha value is -4.58. The molecule has 2 aromatic rings. The van der Waals surface area contributed by atoms with Crippen LogP contribution in [-0.2, 0) is 0 Å². The Morgan fingerprint density at radius 1 is 0.957 bits per heavy atom. The molecule has 10 nitrogen and oxygen atoms in total. The van der Waals surface area contributed by atoms with Crippen LogP contribution >= 0.6 is 0 Å². The van der Waals surface area contributed by atoms with Crippen LogP contribution in [0.2, 0.25) is 0 Å². The smallest absolute Gasteiger partial charge is 0.337 e. The summed E-state index contributed by atoms with van der Waals surface area (Å²) in [6, 6.07) is 11.4. The molecule has 2 N–H and O–H groups in total. The van der Waals surface area contributed by atoms with Crippen molar-refractivity contribution < 1.29 is 27.7 Å². The first-order valence-electron chi connectivity index (χ1n) is 16.2. The first-order chi connectivity index (χ1) is 22.8. The van der Waals surface area contributed by atoms with Gasteiger partial charge in [0.1, 0.15) is 11.6 Å². The first kappa shape index (κ1) is 33.8. The molecule has 2 fully saturated rings. The number of urea groups is 1. The number of hydrazone groups is 1. The number of halogens is 2. The van der Waals surface area contributed by atoms with Gasteiger partial charge >= 0.3 is 6.03 Å². The lowest BCUT2D eigenvalue weighted by molar-refractivity contribution is -0.655. The zero-order valence-electron chi connectivity index (χ0n) is 27.3. The van der Waals surface area contributed by atoms with E-state index in [0.29, 0.717) is 13.3 Å². The van der Waals surface area contributed by atoms with Crippen molar-refractivity contribution in [3.63, 3.8) is 0 Å². The van der Waals surface area contributed by atoms with Gasteiger partial charge in [-0.25, -0.2) is 19.0 Å². The highest BCUT2D eigenvalue weighted by atomic mass is 19.1. The lowest BCUT2D eigenvalue weighted by Crippen LogP contribution is -2.45. The molecule has 2 aromatic carbocycles. The molecule has 3 aliphatic rings. The van der Waals surface area contributed by atoms with Crippen molar-refractivity contribution in [2.75, 3.05) is 71.6 Å². The minimum absolute atomic E-state index is 0.00288. The van der Waals surface area contributed by atoms with Gasteiger partial charge in [-0.15, -0.1) is 4.68 Å². The third kappa shape index (κ3) is 9.47. The number of carbonyl (C=O) groups excluding carboxylic acids is 1. The molecule has 0 spiro atoms. The molecule has 2 aliphatic heterocycles. The number of anilines is 1. The summed E-state index contributed by atoms with van der Waals surface area (Å²) >= 11 is 0. The molecule has 1 atom stereocenters. The van der Waals surface area contributed by atoms with E-state index in [9.17, 15) is 13.6 Å². The second-order valence-corrected chi connectivity index (χ2v) is 12.1. The normalized spacial score (nSPS) is 17.4. The van der Waals surface area contributed by atoms with Gasteiger partial charge in [0.25, 0.3) is 0 Å². The summed E-state index contributed by atoms with van der Waals surface area (Å²) < 4.78 is 41.2. The SMILES string of the molecule is C=[N+](C)N(C)CCCC(COc1ccc(N2CCN(C3=CCCC=C(N4CNNC4=O)C=C3)CC2)cc1)COc1ccc(F)cc1F. The van der Waals surface area contributed by atoms with Gasteiger partial charge in [0, 0.05) is 55.2 Å². The van der Waals surface area contributed by atoms with E-state index in [-0.39, 0.29) is 24.3 Å². The number of hydrogen-bond donors (Lipinski definition) is 2. The number of carbonyl (C=O) groups is 1. The highest BCUT2D eigenvalue weighted by Crippen LogP contribution is 2.25. The molecule has 0 aromatic heterocycles. The lowest BCUT2D eigenvalue weighted by atomic mass is 10.1. The van der Waals surface area contributed by atoms with Gasteiger partial charge in [-0.1, -0.05) is 12.2 Å². The Bertz CT molecular complexity index is 1470. The summed E-state index contributed by atoms with van der Waals surface area (Å²) in [6.45, 7) is 9.41. The Kier molecular flexibility index (Phi) is 11.7. The number of amides is 2. The molecular formula is C35H46F2N7O3+. The van der Waals surface area contributed by atoms with E-state index in [1.54, 1.807) is 9.58 Å². The van der Waals surface area contributed by atoms with E-state index in [1.807, 2.05) is 37.3 Å². The quantitative estimate of drug-likeness (QED) is 0.174. The summed E-state index contributed by atoms with van der Waals surface area (Å²) in [5.41, 5.74) is 8.76. The summed E-state index contributed by atoms with van der Waals surface area (Å²) in [5.74, 6) is -0.550. The number of allylic oxidation sites excluding steroid dienone is 4. The van der Waals surface area contributed by atoms with E-state index < -0.39 is 11.6 Å². The van der Waals surface area contributed by atoms with Gasteiger partial charge in [-0.05, 0) is 74.2 Å². The predicted octanol–water partition coefficient (Wildman–Crippen LogP) is 4.74. The van der Waals surface area contributed by atoms with Crippen LogP contribution < -0.4 is 25.2 Å². The van der Waals surface area contributed by atoms with Crippen molar-refractivity contribution in [3.8, 4) is 11.5 Å². The van der Waals surface area contributed by atoms with Gasteiger partial charge in [0.2, 0.25) is 0 Å². The van der Waals surface area contributed by atoms with Crippen LogP contribution in [0.15, 0.2) is 78.2 Å². The molecule has 2 heterocycles. The van der Waals surface area contributed by atoms with Crippen molar-refractivity contribution in [2.24, 2.45) is 5.92 Å². The van der Waals surface area contributed by atoms with Crippen LogP contribution in [0, 0.1) is 17.6 Å². The molecule has 1 aliphatic carbocycles. The molecule has 12 heteroatoms. The third-order valence-electron chi connectivity index (χ3n) is 8.67. The maximum Gasteiger partial charge on any atom is 0.337 e. The number of benzene rings is 2. The Balaban J connectivity index is 1.12. The van der Waals surface area contributed by atoms with E-state index in [2.05, 4.69) is 57.7 Å². The minimum Gasteiger partial charge on any atom is -0.493 e. The zero-order valence-corrected chi connectivity index (χ0v) is 27.3. The zero-order chi connectivity index (χ0) is 33.2. The summed E-state index contributed by atoms with van der Waals surface area (Å²) in [7, 11) is 3.86. The molecule has 0 bridgehead atoms. The van der Waals surface area contributed by atoms with Crippen LogP contribution in [0.1, 0.15) is 25.7 Å². The number of hydrogen-bond acceptors (Lipinski definition) is 7. The Labute approximate surface area is 276 Å². The van der Waals surface area contributed by atoms with Gasteiger partial charge < -0.3 is 19.3 Å². The van der Waals surface area contributed by atoms with Crippen molar-refractivity contribution in [1.29, 1.82) is 0 Å². The van der Waals surface area contributed by atoms with Crippen molar-refractivity contribution in [1.82, 2.24) is 25.7 Å². The first-order valence-corrected chi connectivity index (χ1v) is 16.2. The minimum atomic E-state index is -0.713. The van der Waals surface area contributed by atoms with Gasteiger partial charge in [-0.2, -0.15) is 5.01 Å². The number of hydrazine groups is 2. The maximum atomic E-state index is 14.2. The fraction of sp³-hybridized carbons (Fsp3) is 0.429. The average Bonchev–Trinajstić information content (AvgIpc) is 3.48. The fourth-order valence-corrected chi connectivity index (χ4v) is 5.73.